The highest BCUT2D eigenvalue weighted by molar-refractivity contribution is 6.16. The average Bonchev–Trinajstić information content (AvgIpc) is 3.08. The number of aromatic hydroxyl groups is 1. The highest BCUT2D eigenvalue weighted by atomic mass is 16.3. The van der Waals surface area contributed by atoms with Crippen molar-refractivity contribution in [2.75, 3.05) is 11.1 Å². The van der Waals surface area contributed by atoms with Crippen LogP contribution in [0.25, 0.3) is 22.2 Å². The van der Waals surface area contributed by atoms with Crippen LogP contribution in [-0.4, -0.2) is 31.9 Å². The molecule has 1 amide bonds. The number of rotatable bonds is 4. The van der Waals surface area contributed by atoms with E-state index >= 15 is 0 Å². The molecule has 33 heavy (non-hydrogen) atoms. The Kier molecular flexibility index (Phi) is 4.95. The van der Waals surface area contributed by atoms with Crippen LogP contribution < -0.4 is 11.1 Å². The number of aryl methyl sites for hydroxylation is 1. The van der Waals surface area contributed by atoms with Crippen LogP contribution in [0, 0.1) is 6.92 Å². The van der Waals surface area contributed by atoms with E-state index in [2.05, 4.69) is 20.4 Å². The first-order valence-electron chi connectivity index (χ1n) is 10.3. The number of phenolic OH excluding ortho intramolecular Hbond substituents is 1. The van der Waals surface area contributed by atoms with Crippen molar-refractivity contribution in [3.8, 4) is 5.75 Å². The number of hydrogen-bond acceptors (Lipinski definition) is 6. The quantitative estimate of drug-likeness (QED) is 0.363. The number of nitrogens with one attached hydrogen (secondary N) is 1. The summed E-state index contributed by atoms with van der Waals surface area (Å²) in [4.78, 5) is 22.6. The van der Waals surface area contributed by atoms with Gasteiger partial charge in [-0.25, -0.2) is 9.97 Å². The molecule has 8 nitrogen and oxygen atoms in total. The Morgan fingerprint density at radius 1 is 1.00 bits per heavy atom. The summed E-state index contributed by atoms with van der Waals surface area (Å²) in [7, 11) is 0. The third-order valence-electron chi connectivity index (χ3n) is 5.26. The van der Waals surface area contributed by atoms with Crippen molar-refractivity contribution in [1.82, 2.24) is 14.6 Å². The molecule has 8 heteroatoms. The van der Waals surface area contributed by atoms with Crippen molar-refractivity contribution in [2.24, 2.45) is 5.10 Å². The van der Waals surface area contributed by atoms with Crippen molar-refractivity contribution in [2.45, 2.75) is 6.92 Å². The Morgan fingerprint density at radius 2 is 1.67 bits per heavy atom. The Balaban J connectivity index is 1.67. The van der Waals surface area contributed by atoms with E-state index < -0.39 is 5.91 Å². The van der Waals surface area contributed by atoms with Gasteiger partial charge in [-0.3, -0.25) is 4.79 Å². The minimum atomic E-state index is -0.414. The van der Waals surface area contributed by atoms with Gasteiger partial charge >= 0.3 is 0 Å². The lowest BCUT2D eigenvalue weighted by Gasteiger charge is -2.06. The monoisotopic (exact) mass is 436 g/mol. The number of carbonyl (C=O) groups is 1. The molecule has 0 aliphatic carbocycles. The molecular formula is C25H20N6O2. The lowest BCUT2D eigenvalue weighted by Crippen LogP contribution is -2.14. The third-order valence-corrected chi connectivity index (χ3v) is 5.26. The molecule has 4 N–H and O–H groups in total. The number of aromatic nitrogens is 3. The molecule has 0 radical (unpaired) electrons. The molecule has 3 aromatic carbocycles. The zero-order valence-corrected chi connectivity index (χ0v) is 17.7. The molecule has 0 saturated carbocycles. The van der Waals surface area contributed by atoms with Crippen molar-refractivity contribution in [3.63, 3.8) is 0 Å². The maximum Gasteiger partial charge on any atom is 0.261 e. The summed E-state index contributed by atoms with van der Waals surface area (Å²) >= 11 is 0. The largest absolute Gasteiger partial charge is 0.507 e. The number of carbonyl (C=O) groups excluding carboxylic acids is 1. The molecule has 5 aromatic rings. The molecule has 0 aliphatic rings. The van der Waals surface area contributed by atoms with Gasteiger partial charge in [0, 0.05) is 11.3 Å². The van der Waals surface area contributed by atoms with Crippen LogP contribution in [-0.2, 0) is 0 Å². The molecule has 0 fully saturated rings. The van der Waals surface area contributed by atoms with E-state index in [4.69, 9.17) is 5.73 Å². The second-order valence-corrected chi connectivity index (χ2v) is 7.58. The zero-order valence-electron chi connectivity index (χ0n) is 17.7. The highest BCUT2D eigenvalue weighted by Gasteiger charge is 2.24. The fraction of sp³-hybridized carbons (Fsp3) is 0.0400. The van der Waals surface area contributed by atoms with Gasteiger partial charge in [-0.2, -0.15) is 9.78 Å². The van der Waals surface area contributed by atoms with Gasteiger partial charge in [0.1, 0.15) is 22.6 Å². The molecule has 0 saturated heterocycles. The minimum absolute atomic E-state index is 0.0742. The van der Waals surface area contributed by atoms with Gasteiger partial charge in [0.15, 0.2) is 5.65 Å². The fourth-order valence-electron chi connectivity index (χ4n) is 3.54. The molecule has 5 rings (SSSR count). The number of fused-ring (bicyclic) bond motifs is 2. The Morgan fingerprint density at radius 3 is 2.39 bits per heavy atom. The zero-order chi connectivity index (χ0) is 22.9. The second kappa shape index (κ2) is 8.08. The van der Waals surface area contributed by atoms with Crippen molar-refractivity contribution in [1.29, 1.82) is 0 Å². The molecule has 0 aliphatic heterocycles. The number of nitrogens with zero attached hydrogens (tertiary/aromatic N) is 4. The normalized spacial score (nSPS) is 11.4. The molecule has 2 aromatic heterocycles. The van der Waals surface area contributed by atoms with Crippen LogP contribution in [0.3, 0.4) is 0 Å². The van der Waals surface area contributed by atoms with Crippen LogP contribution >= 0.6 is 0 Å². The molecule has 0 bridgehead atoms. The summed E-state index contributed by atoms with van der Waals surface area (Å²) in [5.74, 6) is -0.246. The fourth-order valence-corrected chi connectivity index (χ4v) is 3.54. The van der Waals surface area contributed by atoms with Crippen LogP contribution in [0.4, 0.5) is 11.5 Å². The summed E-state index contributed by atoms with van der Waals surface area (Å²) in [6.45, 7) is 1.97. The van der Waals surface area contributed by atoms with Gasteiger partial charge in [0.05, 0.1) is 17.2 Å². The summed E-state index contributed by atoms with van der Waals surface area (Å²) in [6, 6.07) is 21.6. The summed E-state index contributed by atoms with van der Waals surface area (Å²) < 4.78 is 1.37. The highest BCUT2D eigenvalue weighted by Crippen LogP contribution is 2.29. The number of nitrogens with two attached hydrogens (primary N) is 1. The SMILES string of the molecule is Cc1ccc(NC(=O)c2c(N)n(/N=C\c3ccccc3O)c3nc4ccccc4nc23)cc1. The Hall–Kier alpha value is -4.72. The standard InChI is InChI=1S/C25H20N6O2/c1-15-10-12-17(13-11-15)28-25(33)21-22-24(30-19-8-4-3-7-18(19)29-22)31(23(21)26)27-14-16-6-2-5-9-20(16)32/h2-14,32H,26H2,1H3,(H,28,33)/b27-14-. The number of hydrogen-bond donors (Lipinski definition) is 3. The van der Waals surface area contributed by atoms with E-state index in [1.54, 1.807) is 24.3 Å². The topological polar surface area (TPSA) is 118 Å². The second-order valence-electron chi connectivity index (χ2n) is 7.58. The number of benzene rings is 3. The predicted octanol–water partition coefficient (Wildman–Crippen LogP) is 4.32. The smallest absolute Gasteiger partial charge is 0.261 e. The van der Waals surface area contributed by atoms with E-state index in [0.717, 1.165) is 5.56 Å². The molecule has 0 atom stereocenters. The van der Waals surface area contributed by atoms with E-state index in [0.29, 0.717) is 33.4 Å². The van der Waals surface area contributed by atoms with Gasteiger partial charge in [-0.1, -0.05) is 42.0 Å². The first kappa shape index (κ1) is 20.2. The van der Waals surface area contributed by atoms with Crippen molar-refractivity contribution in [3.05, 3.63) is 89.5 Å². The predicted molar refractivity (Wildman–Crippen MR) is 130 cm³/mol. The number of amides is 1. The summed E-state index contributed by atoms with van der Waals surface area (Å²) in [6.07, 6.45) is 1.46. The first-order chi connectivity index (χ1) is 16.0. The van der Waals surface area contributed by atoms with E-state index in [9.17, 15) is 9.90 Å². The molecule has 162 valence electrons. The Bertz CT molecular complexity index is 1540. The van der Waals surface area contributed by atoms with E-state index in [1.165, 1.54) is 10.9 Å². The minimum Gasteiger partial charge on any atom is -0.507 e. The lowest BCUT2D eigenvalue weighted by atomic mass is 10.2. The summed E-state index contributed by atoms with van der Waals surface area (Å²) in [5.41, 5.74) is 10.8. The molecule has 0 unspecified atom stereocenters. The first-order valence-corrected chi connectivity index (χ1v) is 10.3. The van der Waals surface area contributed by atoms with E-state index in [-0.39, 0.29) is 17.1 Å². The van der Waals surface area contributed by atoms with Crippen LogP contribution in [0.5, 0.6) is 5.75 Å². The van der Waals surface area contributed by atoms with Gasteiger partial charge < -0.3 is 16.2 Å². The van der Waals surface area contributed by atoms with Crippen LogP contribution in [0.15, 0.2) is 77.9 Å². The Labute approximate surface area is 189 Å². The van der Waals surface area contributed by atoms with Crippen LogP contribution in [0.2, 0.25) is 0 Å². The number of para-hydroxylation sites is 3. The molecule has 0 spiro atoms. The van der Waals surface area contributed by atoms with Crippen molar-refractivity contribution < 1.29 is 9.90 Å². The number of nitrogen functional groups attached to an aromatic ring is 1. The average molecular weight is 436 g/mol. The summed E-state index contributed by atoms with van der Waals surface area (Å²) in [5, 5.41) is 17.4. The van der Waals surface area contributed by atoms with Crippen LogP contribution in [0.1, 0.15) is 21.5 Å². The van der Waals surface area contributed by atoms with Gasteiger partial charge in [-0.15, -0.1) is 0 Å². The van der Waals surface area contributed by atoms with Gasteiger partial charge in [0.2, 0.25) is 0 Å². The number of phenols is 1. The maximum absolute atomic E-state index is 13.2. The number of anilines is 2. The van der Waals surface area contributed by atoms with Gasteiger partial charge in [0.25, 0.3) is 5.91 Å². The third kappa shape index (κ3) is 3.74. The lowest BCUT2D eigenvalue weighted by molar-refractivity contribution is 0.102. The maximum atomic E-state index is 13.2. The molecule has 2 heterocycles. The van der Waals surface area contributed by atoms with E-state index in [1.807, 2.05) is 55.5 Å². The molecular weight excluding hydrogens is 416 g/mol. The van der Waals surface area contributed by atoms with Crippen molar-refractivity contribution >= 4 is 45.8 Å². The van der Waals surface area contributed by atoms with Gasteiger partial charge in [-0.05, 0) is 43.3 Å².